The van der Waals surface area contributed by atoms with Crippen molar-refractivity contribution >= 4 is 5.97 Å². The van der Waals surface area contributed by atoms with Crippen LogP contribution in [-0.4, -0.2) is 25.8 Å². The van der Waals surface area contributed by atoms with Crippen LogP contribution in [0, 0.1) is 11.3 Å². The molecule has 0 amide bonds. The van der Waals surface area contributed by atoms with Gasteiger partial charge in [-0.1, -0.05) is 57.4 Å². The summed E-state index contributed by atoms with van der Waals surface area (Å²) in [5.41, 5.74) is 4.64. The molecule has 4 heteroatoms. The Hall–Kier alpha value is -2.07. The van der Waals surface area contributed by atoms with E-state index < -0.39 is 0 Å². The number of hydrogen-bond donors (Lipinski definition) is 0. The van der Waals surface area contributed by atoms with Gasteiger partial charge in [-0.2, -0.15) is 0 Å². The summed E-state index contributed by atoms with van der Waals surface area (Å²) >= 11 is 0. The molecule has 0 bridgehead atoms. The Morgan fingerprint density at radius 1 is 1.24 bits per heavy atom. The molecule has 0 N–H and O–H groups in total. The molecule has 4 nitrogen and oxygen atoms in total. The maximum absolute atomic E-state index is 13.1. The molecule has 188 valence electrons. The molecule has 1 aliphatic carbocycles. The third kappa shape index (κ3) is 6.75. The number of allylic oxidation sites excluding steroid dienone is 3. The van der Waals surface area contributed by atoms with Crippen molar-refractivity contribution in [2.75, 3.05) is 13.7 Å². The van der Waals surface area contributed by atoms with Crippen LogP contribution in [0.4, 0.5) is 0 Å². The number of esters is 1. The summed E-state index contributed by atoms with van der Waals surface area (Å²) in [5.74, 6) is 1.66. The van der Waals surface area contributed by atoms with E-state index >= 15 is 0 Å². The third-order valence-electron chi connectivity index (χ3n) is 7.57. The van der Waals surface area contributed by atoms with Gasteiger partial charge < -0.3 is 14.2 Å². The first-order chi connectivity index (χ1) is 16.2. The van der Waals surface area contributed by atoms with E-state index in [1.807, 2.05) is 0 Å². The second-order valence-corrected chi connectivity index (χ2v) is 11.0. The number of epoxide rings is 1. The zero-order valence-corrected chi connectivity index (χ0v) is 22.2. The predicted octanol–water partition coefficient (Wildman–Crippen LogP) is 7.55. The van der Waals surface area contributed by atoms with Crippen LogP contribution in [-0.2, 0) is 16.0 Å². The van der Waals surface area contributed by atoms with E-state index in [1.165, 1.54) is 18.4 Å². The fraction of sp³-hybridized carbons (Fsp3) is 0.633. The van der Waals surface area contributed by atoms with Gasteiger partial charge in [-0.25, -0.2) is 0 Å². The lowest BCUT2D eigenvalue weighted by Crippen LogP contribution is -2.23. The van der Waals surface area contributed by atoms with Gasteiger partial charge in [0.1, 0.15) is 11.5 Å². The highest BCUT2D eigenvalue weighted by atomic mass is 16.6. The van der Waals surface area contributed by atoms with Crippen molar-refractivity contribution in [3.8, 4) is 11.5 Å². The Balaban J connectivity index is 1.94. The standard InChI is InChI=1S/C30H44O4/c1-8-9-10-11-22-17-25(32-7)29(24-16-21(4)12-13-23(24)20(2)3)26(18-22)34-28(31)14-15-30(5,6)27-19-33-27/h16-18,23-24,27H,2,8-15,19H2,1,3-7H3/t23-,24+,27?/m0/s1. The van der Waals surface area contributed by atoms with Crippen LogP contribution in [0.1, 0.15) is 96.6 Å². The van der Waals surface area contributed by atoms with E-state index in [0.29, 0.717) is 18.1 Å². The normalized spacial score (nSPS) is 22.2. The number of unbranched alkanes of at least 4 members (excludes halogenated alkanes) is 2. The second-order valence-electron chi connectivity index (χ2n) is 11.0. The highest BCUT2D eigenvalue weighted by Crippen LogP contribution is 2.47. The van der Waals surface area contributed by atoms with E-state index in [1.54, 1.807) is 7.11 Å². The summed E-state index contributed by atoms with van der Waals surface area (Å²) in [7, 11) is 1.72. The zero-order chi connectivity index (χ0) is 24.9. The van der Waals surface area contributed by atoms with Crippen LogP contribution >= 0.6 is 0 Å². The Bertz CT molecular complexity index is 907. The second kappa shape index (κ2) is 11.6. The number of ether oxygens (including phenoxy) is 3. The zero-order valence-electron chi connectivity index (χ0n) is 22.2. The average Bonchev–Trinajstić information content (AvgIpc) is 3.63. The van der Waals surface area contributed by atoms with Crippen LogP contribution in [0.2, 0.25) is 0 Å². The maximum atomic E-state index is 13.1. The molecule has 34 heavy (non-hydrogen) atoms. The molecule has 1 unspecified atom stereocenters. The minimum atomic E-state index is -0.189. The van der Waals surface area contributed by atoms with E-state index in [0.717, 1.165) is 61.2 Å². The largest absolute Gasteiger partial charge is 0.496 e. The van der Waals surface area contributed by atoms with E-state index in [2.05, 4.69) is 59.4 Å². The number of hydrogen-bond acceptors (Lipinski definition) is 4. The molecule has 0 spiro atoms. The number of benzene rings is 1. The van der Waals surface area contributed by atoms with Gasteiger partial charge in [0.05, 0.1) is 19.8 Å². The van der Waals surface area contributed by atoms with Crippen molar-refractivity contribution in [1.29, 1.82) is 0 Å². The Morgan fingerprint density at radius 2 is 1.94 bits per heavy atom. The number of carbonyl (C=O) groups excluding carboxylic acids is 1. The van der Waals surface area contributed by atoms with Crippen LogP contribution in [0.5, 0.6) is 11.5 Å². The van der Waals surface area contributed by atoms with E-state index in [9.17, 15) is 4.79 Å². The SMILES string of the molecule is C=C(C)[C@@H]1CCC(C)=C[C@H]1c1c(OC)cc(CCCCC)cc1OC(=O)CCC(C)(C)C1CO1. The van der Waals surface area contributed by atoms with Gasteiger partial charge in [-0.15, -0.1) is 0 Å². The Labute approximate surface area is 206 Å². The van der Waals surface area contributed by atoms with Crippen molar-refractivity contribution in [3.63, 3.8) is 0 Å². The topological polar surface area (TPSA) is 48.1 Å². The lowest BCUT2D eigenvalue weighted by molar-refractivity contribution is -0.135. The van der Waals surface area contributed by atoms with Gasteiger partial charge >= 0.3 is 5.97 Å². The highest BCUT2D eigenvalue weighted by molar-refractivity contribution is 5.74. The molecule has 1 aliphatic heterocycles. The van der Waals surface area contributed by atoms with Gasteiger partial charge in [-0.05, 0) is 75.0 Å². The van der Waals surface area contributed by atoms with Gasteiger partial charge in [0.15, 0.2) is 0 Å². The lowest BCUT2D eigenvalue weighted by Gasteiger charge is -2.32. The van der Waals surface area contributed by atoms with Crippen LogP contribution in [0.15, 0.2) is 35.9 Å². The number of methoxy groups -OCH3 is 1. The summed E-state index contributed by atoms with van der Waals surface area (Å²) in [5, 5.41) is 0. The molecular formula is C30H44O4. The summed E-state index contributed by atoms with van der Waals surface area (Å²) in [4.78, 5) is 13.1. The van der Waals surface area contributed by atoms with E-state index in [4.69, 9.17) is 14.2 Å². The predicted molar refractivity (Wildman–Crippen MR) is 139 cm³/mol. The fourth-order valence-electron chi connectivity index (χ4n) is 5.13. The van der Waals surface area contributed by atoms with Crippen molar-refractivity contribution in [2.24, 2.45) is 11.3 Å². The minimum Gasteiger partial charge on any atom is -0.496 e. The smallest absolute Gasteiger partial charge is 0.311 e. The van der Waals surface area contributed by atoms with Crippen LogP contribution in [0.3, 0.4) is 0 Å². The Kier molecular flexibility index (Phi) is 9.03. The van der Waals surface area contributed by atoms with Crippen molar-refractivity contribution < 1.29 is 19.0 Å². The number of aryl methyl sites for hydroxylation is 1. The maximum Gasteiger partial charge on any atom is 0.311 e. The van der Waals surface area contributed by atoms with Crippen LogP contribution < -0.4 is 9.47 Å². The van der Waals surface area contributed by atoms with E-state index in [-0.39, 0.29) is 23.4 Å². The van der Waals surface area contributed by atoms with Crippen molar-refractivity contribution in [2.45, 2.75) is 98.0 Å². The molecule has 1 saturated heterocycles. The minimum absolute atomic E-state index is 0.0180. The number of carbonyl (C=O) groups is 1. The summed E-state index contributed by atoms with van der Waals surface area (Å²) in [6.07, 6.45) is 10.2. The van der Waals surface area contributed by atoms with Gasteiger partial charge in [-0.3, -0.25) is 4.79 Å². The van der Waals surface area contributed by atoms with Gasteiger partial charge in [0.25, 0.3) is 0 Å². The molecule has 3 atom stereocenters. The summed E-state index contributed by atoms with van der Waals surface area (Å²) < 4.78 is 17.5. The first-order valence-electron chi connectivity index (χ1n) is 13.0. The van der Waals surface area contributed by atoms with Gasteiger partial charge in [0.2, 0.25) is 0 Å². The first-order valence-corrected chi connectivity index (χ1v) is 13.0. The summed E-state index contributed by atoms with van der Waals surface area (Å²) in [6.45, 7) is 15.9. The highest BCUT2D eigenvalue weighted by Gasteiger charge is 2.39. The van der Waals surface area contributed by atoms with Crippen molar-refractivity contribution in [3.05, 3.63) is 47.1 Å². The molecule has 0 aromatic heterocycles. The quantitative estimate of drug-likeness (QED) is 0.104. The van der Waals surface area contributed by atoms with Crippen molar-refractivity contribution in [1.82, 2.24) is 0 Å². The monoisotopic (exact) mass is 468 g/mol. The number of rotatable bonds is 12. The molecule has 1 heterocycles. The Morgan fingerprint density at radius 3 is 2.56 bits per heavy atom. The molecule has 0 radical (unpaired) electrons. The third-order valence-corrected chi connectivity index (χ3v) is 7.57. The molecule has 2 aliphatic rings. The molecule has 1 fully saturated rings. The molecule has 3 rings (SSSR count). The molecule has 0 saturated carbocycles. The first kappa shape index (κ1) is 26.5. The fourth-order valence-corrected chi connectivity index (χ4v) is 5.13. The summed E-state index contributed by atoms with van der Waals surface area (Å²) in [6, 6.07) is 4.22. The van der Waals surface area contributed by atoms with Crippen LogP contribution in [0.25, 0.3) is 0 Å². The molecular weight excluding hydrogens is 424 g/mol. The molecule has 1 aromatic carbocycles. The average molecular weight is 469 g/mol. The van der Waals surface area contributed by atoms with Gasteiger partial charge in [0, 0.05) is 17.9 Å². The molecule has 1 aromatic rings. The lowest BCUT2D eigenvalue weighted by atomic mass is 9.73.